The Morgan fingerprint density at radius 3 is 2.49 bits per heavy atom. The zero-order valence-electron chi connectivity index (χ0n) is 25.2. The average molecular weight is 583 g/mol. The highest BCUT2D eigenvalue weighted by Crippen LogP contribution is 2.35. The molecule has 224 valence electrons. The Labute approximate surface area is 252 Å². The number of Topliss-reactive ketones (excluding diaryl/α,β-unsaturated/α-hetero) is 1. The van der Waals surface area contributed by atoms with Gasteiger partial charge in [-0.1, -0.05) is 24.3 Å². The van der Waals surface area contributed by atoms with Crippen molar-refractivity contribution in [1.29, 1.82) is 0 Å². The molecule has 9 nitrogen and oxygen atoms in total. The summed E-state index contributed by atoms with van der Waals surface area (Å²) in [6.07, 6.45) is 3.16. The molecule has 0 radical (unpaired) electrons. The fourth-order valence-electron chi connectivity index (χ4n) is 6.07. The predicted molar refractivity (Wildman–Crippen MR) is 165 cm³/mol. The number of hydrogen-bond donors (Lipinski definition) is 0. The molecular weight excluding hydrogens is 544 g/mol. The van der Waals surface area contributed by atoms with Gasteiger partial charge >= 0.3 is 6.09 Å². The van der Waals surface area contributed by atoms with Crippen molar-refractivity contribution in [2.45, 2.75) is 64.8 Å². The average Bonchev–Trinajstić information content (AvgIpc) is 3.21. The van der Waals surface area contributed by atoms with Gasteiger partial charge in [0.15, 0.2) is 0 Å². The predicted octanol–water partition coefficient (Wildman–Crippen LogP) is 5.43. The molecule has 0 atom stereocenters. The fourth-order valence-corrected chi connectivity index (χ4v) is 6.07. The van der Waals surface area contributed by atoms with Crippen LogP contribution in [0.25, 0.3) is 17.0 Å². The number of nitrogens with zero attached hydrogens (tertiary/aromatic N) is 4. The fraction of sp³-hybridized carbons (Fsp3) is 0.412. The number of para-hydroxylation sites is 1. The summed E-state index contributed by atoms with van der Waals surface area (Å²) in [4.78, 5) is 49.6. The van der Waals surface area contributed by atoms with Gasteiger partial charge in [-0.3, -0.25) is 19.4 Å². The van der Waals surface area contributed by atoms with Crippen LogP contribution in [0.15, 0.2) is 60.3 Å². The molecule has 0 aliphatic carbocycles. The molecule has 2 aromatic carbocycles. The maximum Gasteiger partial charge on any atom is 0.410 e. The number of benzene rings is 2. The van der Waals surface area contributed by atoms with Crippen LogP contribution in [-0.2, 0) is 20.8 Å². The first-order chi connectivity index (χ1) is 20.6. The minimum atomic E-state index is -0.586. The van der Waals surface area contributed by atoms with Gasteiger partial charge in [-0.15, -0.1) is 0 Å². The van der Waals surface area contributed by atoms with Crippen LogP contribution >= 0.6 is 0 Å². The van der Waals surface area contributed by atoms with E-state index in [0.717, 1.165) is 55.6 Å². The molecule has 3 aliphatic rings. The molecule has 6 rings (SSSR count). The molecule has 3 aromatic rings. The number of fused-ring (bicyclic) bond motifs is 2. The lowest BCUT2D eigenvalue weighted by Gasteiger charge is -2.44. The second-order valence-corrected chi connectivity index (χ2v) is 12.6. The number of piperidine rings is 1. The molecule has 43 heavy (non-hydrogen) atoms. The maximum absolute atomic E-state index is 13.4. The van der Waals surface area contributed by atoms with Crippen molar-refractivity contribution in [2.24, 2.45) is 0 Å². The number of carbonyl (C=O) groups is 3. The van der Waals surface area contributed by atoms with E-state index in [-0.39, 0.29) is 23.8 Å². The Hall–Kier alpha value is -4.08. The zero-order chi connectivity index (χ0) is 30.3. The third-order valence-electron chi connectivity index (χ3n) is 8.30. The number of carbonyl (C=O) groups excluding carboxylic acids is 3. The summed E-state index contributed by atoms with van der Waals surface area (Å²) >= 11 is 0. The number of ether oxygens (including phenoxy) is 2. The summed E-state index contributed by atoms with van der Waals surface area (Å²) in [5, 5.41) is 0.924. The van der Waals surface area contributed by atoms with Crippen molar-refractivity contribution in [3.8, 4) is 0 Å². The van der Waals surface area contributed by atoms with Crippen LogP contribution in [0.4, 0.5) is 10.5 Å². The maximum atomic E-state index is 13.4. The summed E-state index contributed by atoms with van der Waals surface area (Å²) in [5.74, 6) is -0.426. The Morgan fingerprint density at radius 2 is 1.81 bits per heavy atom. The summed E-state index contributed by atoms with van der Waals surface area (Å²) in [6, 6.07) is 17.5. The van der Waals surface area contributed by atoms with E-state index in [0.29, 0.717) is 35.2 Å². The third kappa shape index (κ3) is 6.05. The van der Waals surface area contributed by atoms with E-state index in [1.165, 1.54) is 11.8 Å². The SMILES string of the molecule is CC(=O)N1/C(=C\c2ccc3cc(CN(C(=O)OC(C)(C)C)C4CCN(C5COC5)CC4)ccc3n2)C(=O)c2ccccc21. The number of ketones is 1. The molecule has 1 aromatic heterocycles. The van der Waals surface area contributed by atoms with Gasteiger partial charge in [0.05, 0.1) is 41.9 Å². The normalized spacial score (nSPS) is 19.0. The van der Waals surface area contributed by atoms with Crippen LogP contribution in [-0.4, -0.2) is 76.6 Å². The number of rotatable bonds is 5. The molecule has 0 N–H and O–H groups in total. The van der Waals surface area contributed by atoms with E-state index < -0.39 is 5.60 Å². The molecule has 0 saturated carbocycles. The van der Waals surface area contributed by atoms with Crippen LogP contribution in [0.5, 0.6) is 0 Å². The van der Waals surface area contributed by atoms with E-state index in [4.69, 9.17) is 14.5 Å². The van der Waals surface area contributed by atoms with Crippen LogP contribution < -0.4 is 4.90 Å². The first-order valence-corrected chi connectivity index (χ1v) is 14.9. The van der Waals surface area contributed by atoms with Gasteiger partial charge in [-0.05, 0) is 75.6 Å². The second kappa shape index (κ2) is 11.5. The molecule has 2 saturated heterocycles. The molecule has 4 heterocycles. The van der Waals surface area contributed by atoms with Crippen molar-refractivity contribution in [1.82, 2.24) is 14.8 Å². The van der Waals surface area contributed by atoms with E-state index in [2.05, 4.69) is 11.0 Å². The molecular formula is C34H38N4O5. The molecule has 3 aliphatic heterocycles. The molecule has 0 unspecified atom stereocenters. The highest BCUT2D eigenvalue weighted by molar-refractivity contribution is 6.26. The number of anilines is 1. The van der Waals surface area contributed by atoms with Crippen LogP contribution in [0.1, 0.15) is 62.2 Å². The summed E-state index contributed by atoms with van der Waals surface area (Å²) in [5.41, 5.74) is 3.14. The van der Waals surface area contributed by atoms with Crippen molar-refractivity contribution in [3.05, 3.63) is 77.1 Å². The molecule has 9 heteroatoms. The largest absolute Gasteiger partial charge is 0.444 e. The lowest BCUT2D eigenvalue weighted by atomic mass is 10.00. The van der Waals surface area contributed by atoms with Crippen LogP contribution in [0, 0.1) is 0 Å². The summed E-state index contributed by atoms with van der Waals surface area (Å²) < 4.78 is 11.2. The highest BCUT2D eigenvalue weighted by atomic mass is 16.6. The molecule has 2 amide bonds. The molecule has 2 fully saturated rings. The minimum Gasteiger partial charge on any atom is -0.444 e. The van der Waals surface area contributed by atoms with Gasteiger partial charge in [-0.2, -0.15) is 0 Å². The van der Waals surface area contributed by atoms with Gasteiger partial charge in [0, 0.05) is 43.5 Å². The topological polar surface area (TPSA) is 92.3 Å². The zero-order valence-corrected chi connectivity index (χ0v) is 25.2. The Kier molecular flexibility index (Phi) is 7.79. The smallest absolute Gasteiger partial charge is 0.410 e. The molecule has 0 bridgehead atoms. The van der Waals surface area contributed by atoms with Crippen LogP contribution in [0.2, 0.25) is 0 Å². The number of likely N-dealkylation sites (tertiary alicyclic amines) is 1. The van der Waals surface area contributed by atoms with Gasteiger partial charge in [-0.25, -0.2) is 9.78 Å². The minimum absolute atomic E-state index is 0.0900. The van der Waals surface area contributed by atoms with Gasteiger partial charge in [0.25, 0.3) is 0 Å². The first kappa shape index (κ1) is 29.0. The monoisotopic (exact) mass is 582 g/mol. The van der Waals surface area contributed by atoms with E-state index in [9.17, 15) is 14.4 Å². The number of pyridine rings is 1. The first-order valence-electron chi connectivity index (χ1n) is 14.9. The number of aromatic nitrogens is 1. The Bertz CT molecular complexity index is 1600. The van der Waals surface area contributed by atoms with Crippen molar-refractivity contribution < 1.29 is 23.9 Å². The van der Waals surface area contributed by atoms with E-state index in [1.807, 2.05) is 56.0 Å². The number of amides is 2. The van der Waals surface area contributed by atoms with Gasteiger partial charge in [0.1, 0.15) is 5.60 Å². The summed E-state index contributed by atoms with van der Waals surface area (Å²) in [6.45, 7) is 11.0. The standard InChI is InChI=1S/C34H38N4O5/c1-22(39)38-30-8-6-5-7-28(30)32(40)31(38)18-25-11-10-24-17-23(9-12-29(24)35-25)19-37(33(41)43-34(2,3)4)26-13-15-36(16-14-26)27-20-42-21-27/h5-12,17-18,26-27H,13-16,19-21H2,1-4H3/b31-18-. The highest BCUT2D eigenvalue weighted by Gasteiger charge is 2.36. The molecule has 0 spiro atoms. The van der Waals surface area contributed by atoms with Gasteiger partial charge < -0.3 is 14.4 Å². The lowest BCUT2D eigenvalue weighted by molar-refractivity contribution is -0.116. The van der Waals surface area contributed by atoms with Crippen molar-refractivity contribution in [2.75, 3.05) is 31.2 Å². The van der Waals surface area contributed by atoms with Crippen molar-refractivity contribution in [3.63, 3.8) is 0 Å². The second-order valence-electron chi connectivity index (χ2n) is 12.6. The Morgan fingerprint density at radius 1 is 1.07 bits per heavy atom. The Balaban J connectivity index is 1.23. The van der Waals surface area contributed by atoms with Crippen molar-refractivity contribution >= 4 is 40.4 Å². The van der Waals surface area contributed by atoms with E-state index in [1.54, 1.807) is 24.3 Å². The van der Waals surface area contributed by atoms with Gasteiger partial charge in [0.2, 0.25) is 11.7 Å². The quantitative estimate of drug-likeness (QED) is 0.371. The lowest BCUT2D eigenvalue weighted by Crippen LogP contribution is -2.55. The number of allylic oxidation sites excluding steroid dienone is 1. The third-order valence-corrected chi connectivity index (χ3v) is 8.30. The van der Waals surface area contributed by atoms with E-state index >= 15 is 0 Å². The number of hydrogen-bond acceptors (Lipinski definition) is 7. The summed E-state index contributed by atoms with van der Waals surface area (Å²) in [7, 11) is 0. The van der Waals surface area contributed by atoms with Crippen LogP contribution in [0.3, 0.4) is 0 Å².